The predicted molar refractivity (Wildman–Crippen MR) is 78.5 cm³/mol. The highest BCUT2D eigenvalue weighted by atomic mass is 79.9. The Balaban J connectivity index is 0.00000161. The van der Waals surface area contributed by atoms with E-state index in [9.17, 15) is 5.11 Å². The van der Waals surface area contributed by atoms with Crippen LogP contribution in [-0.2, 0) is 0 Å². The molecule has 0 radical (unpaired) electrons. The maximum Gasteiger partial charge on any atom is 0.262 e. The molecule has 0 bridgehead atoms. The van der Waals surface area contributed by atoms with E-state index >= 15 is 0 Å². The van der Waals surface area contributed by atoms with Gasteiger partial charge in [0.2, 0.25) is 7.26 Å². The van der Waals surface area contributed by atoms with Gasteiger partial charge in [-0.2, -0.15) is 0 Å². The minimum atomic E-state index is -2.09. The predicted octanol–water partition coefficient (Wildman–Crippen LogP) is -0.854. The van der Waals surface area contributed by atoms with Crippen LogP contribution in [-0.4, -0.2) is 17.9 Å². The van der Waals surface area contributed by atoms with Crippen molar-refractivity contribution in [3.8, 4) is 0 Å². The highest BCUT2D eigenvalue weighted by molar-refractivity contribution is 7.94. The molecule has 3 heterocycles. The summed E-state index contributed by atoms with van der Waals surface area (Å²) in [6.07, 6.45) is 6.40. The molecule has 0 unspecified atom stereocenters. The first-order valence-electron chi connectivity index (χ1n) is 6.49. The number of halogens is 1. The number of hydrogen-bond acceptors (Lipinski definition) is 4. The zero-order valence-corrected chi connectivity index (χ0v) is 13.8. The monoisotopic (exact) mass is 370 g/mol. The van der Waals surface area contributed by atoms with Crippen molar-refractivity contribution in [3.05, 3.63) is 55.2 Å². The lowest BCUT2D eigenvalue weighted by molar-refractivity contribution is -0.00000631. The van der Waals surface area contributed by atoms with E-state index in [1.807, 2.05) is 36.4 Å². The minimum Gasteiger partial charge on any atom is -1.00 e. The molecule has 0 aliphatic rings. The van der Waals surface area contributed by atoms with E-state index in [1.165, 1.54) is 0 Å². The molecule has 0 aliphatic heterocycles. The van der Waals surface area contributed by atoms with Crippen molar-refractivity contribution < 1.29 is 35.3 Å². The van der Waals surface area contributed by atoms with Crippen molar-refractivity contribution in [2.24, 2.45) is 0 Å². The Kier molecular flexibility index (Phi) is 5.45. The van der Waals surface area contributed by atoms with Crippen LogP contribution < -0.4 is 33.5 Å². The summed E-state index contributed by atoms with van der Waals surface area (Å²) in [6, 6.07) is 11.5. The molecule has 1 N–H and O–H groups in total. The SMILES string of the molecule is OCCC[P+](c1ccco1)(c1ccco1)c1ccco1.[Br-]. The van der Waals surface area contributed by atoms with Crippen molar-refractivity contribution in [3.63, 3.8) is 0 Å². The Bertz CT molecular complexity index is 533. The second-order valence-corrected chi connectivity index (χ2v) is 7.85. The molecule has 0 aliphatic carbocycles. The third kappa shape index (κ3) is 2.86. The summed E-state index contributed by atoms with van der Waals surface area (Å²) in [5.74, 6) is 0. The summed E-state index contributed by atoms with van der Waals surface area (Å²) < 4.78 is 17.1. The first kappa shape index (κ1) is 16.1. The maximum atomic E-state index is 9.25. The lowest BCUT2D eigenvalue weighted by Gasteiger charge is -2.18. The van der Waals surface area contributed by atoms with Crippen LogP contribution in [0.4, 0.5) is 0 Å². The highest BCUT2D eigenvalue weighted by Crippen LogP contribution is 2.56. The Morgan fingerprint density at radius 1 is 0.810 bits per heavy atom. The van der Waals surface area contributed by atoms with Crippen LogP contribution in [0.15, 0.2) is 68.4 Å². The molecule has 0 saturated heterocycles. The largest absolute Gasteiger partial charge is 1.00 e. The van der Waals surface area contributed by atoms with Gasteiger partial charge in [0.15, 0.2) is 0 Å². The van der Waals surface area contributed by atoms with Crippen molar-refractivity contribution in [1.29, 1.82) is 0 Å². The average Bonchev–Trinajstić information content (AvgIpc) is 3.23. The Morgan fingerprint density at radius 3 is 1.52 bits per heavy atom. The molecule has 0 saturated carbocycles. The lowest BCUT2D eigenvalue weighted by Crippen LogP contribution is -3.00. The van der Waals surface area contributed by atoms with Gasteiger partial charge in [0, 0.05) is 31.2 Å². The maximum absolute atomic E-state index is 9.25. The van der Waals surface area contributed by atoms with E-state index < -0.39 is 7.26 Å². The van der Waals surface area contributed by atoms with Crippen molar-refractivity contribution in [2.75, 3.05) is 12.8 Å². The molecule has 21 heavy (non-hydrogen) atoms. The third-order valence-electron chi connectivity index (χ3n) is 3.30. The Labute approximate surface area is 133 Å². The molecule has 0 spiro atoms. The first-order valence-corrected chi connectivity index (χ1v) is 8.46. The topological polar surface area (TPSA) is 59.7 Å². The van der Waals surface area contributed by atoms with Crippen LogP contribution in [0.1, 0.15) is 6.42 Å². The first-order chi connectivity index (χ1) is 9.88. The zero-order valence-electron chi connectivity index (χ0n) is 11.3. The fraction of sp³-hybridized carbons (Fsp3) is 0.200. The number of rotatable bonds is 6. The molecule has 0 fully saturated rings. The van der Waals surface area contributed by atoms with Crippen molar-refractivity contribution >= 4 is 23.8 Å². The molecule has 4 nitrogen and oxygen atoms in total. The van der Waals surface area contributed by atoms with Crippen LogP contribution in [0.25, 0.3) is 0 Å². The van der Waals surface area contributed by atoms with Crippen LogP contribution in [0.5, 0.6) is 0 Å². The second-order valence-electron chi connectivity index (χ2n) is 4.46. The van der Waals surface area contributed by atoms with Gasteiger partial charge in [-0.3, -0.25) is 0 Å². The molecule has 0 amide bonds. The minimum absolute atomic E-state index is 0. The summed E-state index contributed by atoms with van der Waals surface area (Å²) in [5, 5.41) is 9.25. The summed E-state index contributed by atoms with van der Waals surface area (Å²) in [4.78, 5) is 0. The van der Waals surface area contributed by atoms with Gasteiger partial charge in [-0.1, -0.05) is 0 Å². The molecule has 3 aromatic rings. The van der Waals surface area contributed by atoms with Crippen LogP contribution in [0.2, 0.25) is 0 Å². The molecule has 3 rings (SSSR count). The molecule has 0 aromatic carbocycles. The van der Waals surface area contributed by atoms with Gasteiger partial charge >= 0.3 is 0 Å². The van der Waals surface area contributed by atoms with Gasteiger partial charge in [-0.05, 0) is 18.2 Å². The summed E-state index contributed by atoms with van der Waals surface area (Å²) in [6.45, 7) is 0.129. The molecule has 0 atom stereocenters. The number of hydrogen-bond donors (Lipinski definition) is 1. The van der Waals surface area contributed by atoms with Gasteiger partial charge in [0.1, 0.15) is 0 Å². The van der Waals surface area contributed by atoms with E-state index in [0.717, 1.165) is 22.7 Å². The molecule has 112 valence electrons. The molecular formula is C15H16BrO4P. The van der Waals surface area contributed by atoms with Gasteiger partial charge in [0.05, 0.1) is 25.0 Å². The van der Waals surface area contributed by atoms with Gasteiger partial charge in [-0.25, -0.2) is 0 Å². The Hall–Kier alpha value is -1.29. The zero-order chi connectivity index (χ0) is 13.8. The summed E-state index contributed by atoms with van der Waals surface area (Å²) in [5.41, 5.74) is 2.57. The smallest absolute Gasteiger partial charge is 0.262 e. The van der Waals surface area contributed by atoms with E-state index in [-0.39, 0.29) is 23.6 Å². The molecule has 3 aromatic heterocycles. The summed E-state index contributed by atoms with van der Waals surface area (Å²) >= 11 is 0. The third-order valence-corrected chi connectivity index (χ3v) is 7.31. The standard InChI is InChI=1S/C15H16O4P.BrH/c16-8-4-12-20(13-5-1-9-17-13,14-6-2-10-18-14)15-7-3-11-19-15;/h1-3,5-7,9-11,16H,4,8,12H2;1H/q+1;/p-1. The number of aliphatic hydroxyl groups excluding tert-OH is 1. The van der Waals surface area contributed by atoms with E-state index in [2.05, 4.69) is 0 Å². The van der Waals surface area contributed by atoms with E-state index in [4.69, 9.17) is 13.3 Å². The fourth-order valence-corrected chi connectivity index (χ4v) is 6.10. The van der Waals surface area contributed by atoms with Crippen LogP contribution in [0, 0.1) is 0 Å². The number of furan rings is 3. The van der Waals surface area contributed by atoms with Crippen molar-refractivity contribution in [1.82, 2.24) is 0 Å². The highest BCUT2D eigenvalue weighted by Gasteiger charge is 2.53. The number of aliphatic hydroxyl groups is 1. The van der Waals surface area contributed by atoms with Gasteiger partial charge < -0.3 is 35.3 Å². The lowest BCUT2D eigenvalue weighted by atomic mass is 10.5. The van der Waals surface area contributed by atoms with E-state index in [1.54, 1.807) is 18.8 Å². The van der Waals surface area contributed by atoms with E-state index in [0.29, 0.717) is 6.42 Å². The van der Waals surface area contributed by atoms with Crippen LogP contribution in [0.3, 0.4) is 0 Å². The molecule has 6 heteroatoms. The molecular weight excluding hydrogens is 355 g/mol. The van der Waals surface area contributed by atoms with Gasteiger partial charge in [0.25, 0.3) is 16.5 Å². The summed E-state index contributed by atoms with van der Waals surface area (Å²) in [7, 11) is -2.09. The second kappa shape index (κ2) is 7.12. The average molecular weight is 371 g/mol. The van der Waals surface area contributed by atoms with Gasteiger partial charge in [-0.15, -0.1) is 0 Å². The fourth-order valence-electron chi connectivity index (χ4n) is 2.43. The quantitative estimate of drug-likeness (QED) is 0.574. The Morgan fingerprint density at radius 2 is 1.24 bits per heavy atom. The normalized spacial score (nSPS) is 11.3. The van der Waals surface area contributed by atoms with Crippen LogP contribution >= 0.6 is 7.26 Å². The van der Waals surface area contributed by atoms with Crippen molar-refractivity contribution in [2.45, 2.75) is 6.42 Å².